The Bertz CT molecular complexity index is 257. The van der Waals surface area contributed by atoms with E-state index in [1.54, 1.807) is 0 Å². The maximum absolute atomic E-state index is 6.38. The molecule has 1 heterocycles. The lowest BCUT2D eigenvalue weighted by Gasteiger charge is -2.29. The zero-order chi connectivity index (χ0) is 12.0. The fourth-order valence-electron chi connectivity index (χ4n) is 3.46. The predicted octanol–water partition coefficient (Wildman–Crippen LogP) is 2.48. The zero-order valence-corrected chi connectivity index (χ0v) is 11.4. The summed E-state index contributed by atoms with van der Waals surface area (Å²) < 4.78 is 0. The molecule has 16 heavy (non-hydrogen) atoms. The molecule has 1 aliphatic heterocycles. The van der Waals surface area contributed by atoms with Crippen molar-refractivity contribution >= 4 is 0 Å². The van der Waals surface area contributed by atoms with Gasteiger partial charge in [-0.1, -0.05) is 27.7 Å². The first-order valence-electron chi connectivity index (χ1n) is 6.78. The molecule has 0 radical (unpaired) electrons. The van der Waals surface area contributed by atoms with Gasteiger partial charge in [-0.25, -0.2) is 0 Å². The van der Waals surface area contributed by atoms with Gasteiger partial charge in [0.15, 0.2) is 0 Å². The van der Waals surface area contributed by atoms with E-state index in [9.17, 15) is 0 Å². The van der Waals surface area contributed by atoms with Gasteiger partial charge in [0.25, 0.3) is 0 Å². The van der Waals surface area contributed by atoms with Crippen LogP contribution in [0.4, 0.5) is 0 Å². The van der Waals surface area contributed by atoms with Gasteiger partial charge in [-0.15, -0.1) is 0 Å². The Labute approximate surface area is 101 Å². The van der Waals surface area contributed by atoms with Crippen LogP contribution in [0.25, 0.3) is 0 Å². The van der Waals surface area contributed by atoms with Gasteiger partial charge in [-0.05, 0) is 42.6 Å². The minimum Gasteiger partial charge on any atom is -0.327 e. The molecule has 0 bridgehead atoms. The Balaban J connectivity index is 1.88. The van der Waals surface area contributed by atoms with E-state index in [-0.39, 0.29) is 0 Å². The number of nitrogens with zero attached hydrogens (tertiary/aromatic N) is 1. The van der Waals surface area contributed by atoms with Crippen molar-refractivity contribution in [2.24, 2.45) is 22.5 Å². The van der Waals surface area contributed by atoms with Crippen LogP contribution >= 0.6 is 0 Å². The molecule has 1 aliphatic carbocycles. The van der Waals surface area contributed by atoms with Crippen molar-refractivity contribution in [3.8, 4) is 0 Å². The Hall–Kier alpha value is -0.0800. The van der Waals surface area contributed by atoms with E-state index in [0.29, 0.717) is 16.9 Å². The van der Waals surface area contributed by atoms with Crippen molar-refractivity contribution < 1.29 is 0 Å². The summed E-state index contributed by atoms with van der Waals surface area (Å²) in [5, 5.41) is 0. The summed E-state index contributed by atoms with van der Waals surface area (Å²) in [4.78, 5) is 2.63. The van der Waals surface area contributed by atoms with Crippen molar-refractivity contribution in [3.05, 3.63) is 0 Å². The van der Waals surface area contributed by atoms with Gasteiger partial charge in [0.1, 0.15) is 0 Å². The molecule has 2 N–H and O–H groups in total. The molecule has 0 aromatic rings. The summed E-state index contributed by atoms with van der Waals surface area (Å²) in [5.74, 6) is 0.726. The molecule has 1 saturated heterocycles. The van der Waals surface area contributed by atoms with E-state index in [0.717, 1.165) is 5.92 Å². The largest absolute Gasteiger partial charge is 0.327 e. The van der Waals surface area contributed by atoms with Crippen LogP contribution in [0.3, 0.4) is 0 Å². The highest BCUT2D eigenvalue weighted by Gasteiger charge is 2.41. The second kappa shape index (κ2) is 3.99. The Morgan fingerprint density at radius 1 is 1.19 bits per heavy atom. The zero-order valence-electron chi connectivity index (χ0n) is 11.4. The molecule has 0 aromatic carbocycles. The van der Waals surface area contributed by atoms with E-state index in [1.165, 1.54) is 38.9 Å². The lowest BCUT2D eigenvalue weighted by atomic mass is 9.85. The Morgan fingerprint density at radius 2 is 1.88 bits per heavy atom. The van der Waals surface area contributed by atoms with Gasteiger partial charge >= 0.3 is 0 Å². The van der Waals surface area contributed by atoms with Crippen LogP contribution in [0.15, 0.2) is 0 Å². The summed E-state index contributed by atoms with van der Waals surface area (Å²) in [6.45, 7) is 13.2. The molecular formula is C14H28N2. The monoisotopic (exact) mass is 224 g/mol. The van der Waals surface area contributed by atoms with E-state index in [1.807, 2.05) is 0 Å². The number of hydrogen-bond acceptors (Lipinski definition) is 2. The van der Waals surface area contributed by atoms with E-state index < -0.39 is 0 Å². The van der Waals surface area contributed by atoms with Gasteiger partial charge in [-0.2, -0.15) is 0 Å². The summed E-state index contributed by atoms with van der Waals surface area (Å²) in [5.41, 5.74) is 7.26. The molecule has 2 aliphatic rings. The summed E-state index contributed by atoms with van der Waals surface area (Å²) in [6, 6.07) is 0.399. The minimum atomic E-state index is 0.361. The van der Waals surface area contributed by atoms with Crippen molar-refractivity contribution in [1.29, 1.82) is 0 Å². The average Bonchev–Trinajstić information content (AvgIpc) is 2.61. The number of nitrogens with two attached hydrogens (primary N) is 1. The van der Waals surface area contributed by atoms with Gasteiger partial charge in [0, 0.05) is 19.1 Å². The quantitative estimate of drug-likeness (QED) is 0.781. The lowest BCUT2D eigenvalue weighted by molar-refractivity contribution is 0.219. The molecule has 94 valence electrons. The van der Waals surface area contributed by atoms with Crippen molar-refractivity contribution in [2.45, 2.75) is 53.0 Å². The van der Waals surface area contributed by atoms with Crippen LogP contribution in [0.2, 0.25) is 0 Å². The average molecular weight is 224 g/mol. The fraction of sp³-hybridized carbons (Fsp3) is 1.00. The van der Waals surface area contributed by atoms with Crippen LogP contribution in [0, 0.1) is 16.7 Å². The molecule has 2 fully saturated rings. The Kier molecular flexibility index (Phi) is 3.09. The fourth-order valence-corrected chi connectivity index (χ4v) is 3.46. The lowest BCUT2D eigenvalue weighted by Crippen LogP contribution is -2.41. The highest BCUT2D eigenvalue weighted by Crippen LogP contribution is 2.41. The van der Waals surface area contributed by atoms with Crippen LogP contribution in [0.1, 0.15) is 47.0 Å². The van der Waals surface area contributed by atoms with Gasteiger partial charge in [0.2, 0.25) is 0 Å². The molecule has 2 nitrogen and oxygen atoms in total. The Morgan fingerprint density at radius 3 is 2.31 bits per heavy atom. The standard InChI is InChI=1S/C14H28N2/c1-13(2)7-8-16(10-13)9-11-5-6-14(3,4)12(11)15/h11-12H,5-10,15H2,1-4H3. The van der Waals surface area contributed by atoms with Crippen molar-refractivity contribution in [2.75, 3.05) is 19.6 Å². The summed E-state index contributed by atoms with van der Waals surface area (Å²) >= 11 is 0. The maximum Gasteiger partial charge on any atom is 0.0131 e. The van der Waals surface area contributed by atoms with E-state index >= 15 is 0 Å². The molecule has 2 heteroatoms. The highest BCUT2D eigenvalue weighted by molar-refractivity contribution is 4.96. The molecule has 0 aromatic heterocycles. The highest BCUT2D eigenvalue weighted by atomic mass is 15.2. The van der Waals surface area contributed by atoms with Crippen molar-refractivity contribution in [3.63, 3.8) is 0 Å². The SMILES string of the molecule is CC1(C)CCN(CC2CCC(C)(C)C2N)C1. The molecular weight excluding hydrogens is 196 g/mol. The minimum absolute atomic E-state index is 0.361. The van der Waals surface area contributed by atoms with E-state index in [2.05, 4.69) is 32.6 Å². The summed E-state index contributed by atoms with van der Waals surface area (Å²) in [7, 11) is 0. The smallest absolute Gasteiger partial charge is 0.0131 e. The maximum atomic E-state index is 6.38. The first-order valence-corrected chi connectivity index (χ1v) is 6.78. The van der Waals surface area contributed by atoms with Crippen LogP contribution in [-0.2, 0) is 0 Å². The summed E-state index contributed by atoms with van der Waals surface area (Å²) in [6.07, 6.45) is 3.97. The predicted molar refractivity (Wildman–Crippen MR) is 69.3 cm³/mol. The third-order valence-corrected chi connectivity index (χ3v) is 4.82. The second-order valence-corrected chi connectivity index (χ2v) is 7.46. The first-order chi connectivity index (χ1) is 7.30. The van der Waals surface area contributed by atoms with Crippen molar-refractivity contribution in [1.82, 2.24) is 4.90 Å². The molecule has 0 amide bonds. The molecule has 2 unspecified atom stereocenters. The number of rotatable bonds is 2. The third-order valence-electron chi connectivity index (χ3n) is 4.82. The molecule has 2 atom stereocenters. The number of hydrogen-bond donors (Lipinski definition) is 1. The third kappa shape index (κ3) is 2.43. The van der Waals surface area contributed by atoms with Gasteiger partial charge in [0.05, 0.1) is 0 Å². The van der Waals surface area contributed by atoms with Gasteiger partial charge < -0.3 is 10.6 Å². The normalized spacial score (nSPS) is 38.1. The number of likely N-dealkylation sites (tertiary alicyclic amines) is 1. The molecule has 0 spiro atoms. The topological polar surface area (TPSA) is 29.3 Å². The second-order valence-electron chi connectivity index (χ2n) is 7.46. The van der Waals surface area contributed by atoms with Crippen LogP contribution in [-0.4, -0.2) is 30.6 Å². The first kappa shape index (κ1) is 12.4. The van der Waals surface area contributed by atoms with E-state index in [4.69, 9.17) is 5.73 Å². The molecule has 2 rings (SSSR count). The van der Waals surface area contributed by atoms with Gasteiger partial charge in [-0.3, -0.25) is 0 Å². The van der Waals surface area contributed by atoms with Crippen LogP contribution in [0.5, 0.6) is 0 Å². The van der Waals surface area contributed by atoms with Crippen LogP contribution < -0.4 is 5.73 Å². The molecule has 1 saturated carbocycles.